The van der Waals surface area contributed by atoms with Crippen LogP contribution in [-0.2, 0) is 0 Å². The van der Waals surface area contributed by atoms with Crippen molar-refractivity contribution in [2.75, 3.05) is 0 Å². The minimum atomic E-state index is -0.233. The molecule has 3 aromatic rings. The molecule has 3 nitrogen and oxygen atoms in total. The van der Waals surface area contributed by atoms with Gasteiger partial charge in [-0.1, -0.05) is 41.6 Å². The first-order valence-electron chi connectivity index (χ1n) is 6.71. The third-order valence-electron chi connectivity index (χ3n) is 3.22. The van der Waals surface area contributed by atoms with E-state index in [4.69, 9.17) is 11.6 Å². The van der Waals surface area contributed by atoms with Gasteiger partial charge in [0, 0.05) is 10.3 Å². The number of nitrogens with zero attached hydrogens (tertiary/aromatic N) is 3. The van der Waals surface area contributed by atoms with Crippen LogP contribution >= 0.6 is 23.4 Å². The molecule has 22 heavy (non-hydrogen) atoms. The maximum atomic E-state index is 13.0. The molecule has 3 rings (SSSR count). The molecule has 1 aromatic heterocycles. The zero-order chi connectivity index (χ0) is 15.5. The molecular formula is C16H13ClFN3S. The van der Waals surface area contributed by atoms with Gasteiger partial charge in [-0.15, -0.1) is 10.2 Å². The van der Waals surface area contributed by atoms with Crippen molar-refractivity contribution in [1.29, 1.82) is 0 Å². The Hall–Kier alpha value is -1.85. The molecule has 0 aliphatic carbocycles. The monoisotopic (exact) mass is 333 g/mol. The van der Waals surface area contributed by atoms with Crippen LogP contribution in [-0.4, -0.2) is 14.8 Å². The maximum absolute atomic E-state index is 13.0. The second-order valence-electron chi connectivity index (χ2n) is 4.78. The summed E-state index contributed by atoms with van der Waals surface area (Å²) in [6, 6.07) is 14.0. The van der Waals surface area contributed by atoms with E-state index in [0.29, 0.717) is 5.02 Å². The number of hydrogen-bond acceptors (Lipinski definition) is 3. The topological polar surface area (TPSA) is 30.7 Å². The number of thioether (sulfide) groups is 1. The normalized spacial score (nSPS) is 12.3. The largest absolute Gasteiger partial charge is 0.277 e. The number of aromatic nitrogens is 3. The fourth-order valence-corrected chi connectivity index (χ4v) is 3.22. The van der Waals surface area contributed by atoms with E-state index in [1.807, 2.05) is 28.8 Å². The van der Waals surface area contributed by atoms with Gasteiger partial charge >= 0.3 is 0 Å². The summed E-state index contributed by atoms with van der Waals surface area (Å²) in [7, 11) is 0. The van der Waals surface area contributed by atoms with E-state index in [1.165, 1.54) is 12.1 Å². The summed E-state index contributed by atoms with van der Waals surface area (Å²) >= 11 is 7.59. The lowest BCUT2D eigenvalue weighted by Gasteiger charge is -2.12. The van der Waals surface area contributed by atoms with E-state index >= 15 is 0 Å². The molecule has 0 aliphatic heterocycles. The van der Waals surface area contributed by atoms with E-state index in [0.717, 1.165) is 16.4 Å². The van der Waals surface area contributed by atoms with Crippen LogP contribution in [0.15, 0.2) is 60.0 Å². The van der Waals surface area contributed by atoms with Gasteiger partial charge in [-0.3, -0.25) is 4.57 Å². The van der Waals surface area contributed by atoms with Crippen molar-refractivity contribution in [3.63, 3.8) is 0 Å². The zero-order valence-electron chi connectivity index (χ0n) is 11.8. The second kappa shape index (κ2) is 6.50. The molecule has 0 amide bonds. The summed E-state index contributed by atoms with van der Waals surface area (Å²) < 4.78 is 14.9. The van der Waals surface area contributed by atoms with E-state index in [9.17, 15) is 4.39 Å². The molecule has 6 heteroatoms. The van der Waals surface area contributed by atoms with E-state index in [1.54, 1.807) is 30.2 Å². The van der Waals surface area contributed by atoms with Crippen molar-refractivity contribution in [2.45, 2.75) is 17.3 Å². The number of halogens is 2. The molecular weight excluding hydrogens is 321 g/mol. The Labute approximate surface area is 137 Å². The van der Waals surface area contributed by atoms with Crippen LogP contribution in [0.5, 0.6) is 0 Å². The van der Waals surface area contributed by atoms with Gasteiger partial charge < -0.3 is 0 Å². The third kappa shape index (κ3) is 3.31. The second-order valence-corrected chi connectivity index (χ2v) is 6.52. The average Bonchev–Trinajstić information content (AvgIpc) is 2.96. The standard InChI is InChI=1S/C16H13ClFN3S/c1-11(12-5-7-14(18)8-6-12)22-16-20-19-10-21(16)15-4-2-3-13(17)9-15/h2-11H,1H3/t11-/m0/s1. The highest BCUT2D eigenvalue weighted by Gasteiger charge is 2.13. The van der Waals surface area contributed by atoms with Gasteiger partial charge in [0.15, 0.2) is 5.16 Å². The molecule has 0 bridgehead atoms. The minimum Gasteiger partial charge on any atom is -0.277 e. The van der Waals surface area contributed by atoms with Gasteiger partial charge in [0.25, 0.3) is 0 Å². The van der Waals surface area contributed by atoms with E-state index in [2.05, 4.69) is 17.1 Å². The Morgan fingerprint density at radius 3 is 2.68 bits per heavy atom. The first-order valence-corrected chi connectivity index (χ1v) is 7.97. The van der Waals surface area contributed by atoms with Gasteiger partial charge in [-0.2, -0.15) is 0 Å². The summed E-state index contributed by atoms with van der Waals surface area (Å²) in [5, 5.41) is 9.69. The van der Waals surface area contributed by atoms with Crippen molar-refractivity contribution in [1.82, 2.24) is 14.8 Å². The van der Waals surface area contributed by atoms with Crippen molar-refractivity contribution in [2.24, 2.45) is 0 Å². The average molecular weight is 334 g/mol. The Kier molecular flexibility index (Phi) is 4.45. The van der Waals surface area contributed by atoms with Crippen LogP contribution in [0, 0.1) is 5.82 Å². The molecule has 1 heterocycles. The molecule has 0 saturated carbocycles. The molecule has 2 aromatic carbocycles. The maximum Gasteiger partial charge on any atom is 0.196 e. The molecule has 112 valence electrons. The first-order chi connectivity index (χ1) is 10.6. The number of hydrogen-bond donors (Lipinski definition) is 0. The Morgan fingerprint density at radius 1 is 1.18 bits per heavy atom. The quantitative estimate of drug-likeness (QED) is 0.635. The predicted octanol–water partition coefficient (Wildman–Crippen LogP) is 4.91. The highest BCUT2D eigenvalue weighted by Crippen LogP contribution is 2.34. The molecule has 0 N–H and O–H groups in total. The number of rotatable bonds is 4. The Morgan fingerprint density at radius 2 is 1.95 bits per heavy atom. The molecule has 0 spiro atoms. The smallest absolute Gasteiger partial charge is 0.196 e. The van der Waals surface area contributed by atoms with Gasteiger partial charge in [0.2, 0.25) is 0 Å². The fourth-order valence-electron chi connectivity index (χ4n) is 2.07. The lowest BCUT2D eigenvalue weighted by molar-refractivity contribution is 0.627. The van der Waals surface area contributed by atoms with Crippen LogP contribution in [0.3, 0.4) is 0 Å². The van der Waals surface area contributed by atoms with Crippen LogP contribution in [0.25, 0.3) is 5.69 Å². The molecule has 0 radical (unpaired) electrons. The Balaban J connectivity index is 1.84. The molecule has 1 atom stereocenters. The SMILES string of the molecule is C[C@H](Sc1nncn1-c1cccc(Cl)c1)c1ccc(F)cc1. The lowest BCUT2D eigenvalue weighted by Crippen LogP contribution is -1.97. The summed E-state index contributed by atoms with van der Waals surface area (Å²) in [4.78, 5) is 0. The summed E-state index contributed by atoms with van der Waals surface area (Å²) in [5.41, 5.74) is 1.94. The minimum absolute atomic E-state index is 0.128. The summed E-state index contributed by atoms with van der Waals surface area (Å²) in [6.07, 6.45) is 1.66. The van der Waals surface area contributed by atoms with Crippen molar-refractivity contribution < 1.29 is 4.39 Å². The molecule has 0 saturated heterocycles. The third-order valence-corrected chi connectivity index (χ3v) is 4.57. The molecule has 0 aliphatic rings. The van der Waals surface area contributed by atoms with Gasteiger partial charge in [0.05, 0.1) is 5.69 Å². The fraction of sp³-hybridized carbons (Fsp3) is 0.125. The van der Waals surface area contributed by atoms with Gasteiger partial charge in [0.1, 0.15) is 12.1 Å². The van der Waals surface area contributed by atoms with E-state index < -0.39 is 0 Å². The molecule has 0 fully saturated rings. The van der Waals surface area contributed by atoms with Gasteiger partial charge in [-0.25, -0.2) is 4.39 Å². The predicted molar refractivity (Wildman–Crippen MR) is 87.0 cm³/mol. The van der Waals surface area contributed by atoms with Crippen molar-refractivity contribution in [3.8, 4) is 5.69 Å². The number of benzene rings is 2. The highest BCUT2D eigenvalue weighted by molar-refractivity contribution is 7.99. The van der Waals surface area contributed by atoms with Crippen molar-refractivity contribution in [3.05, 3.63) is 71.3 Å². The lowest BCUT2D eigenvalue weighted by atomic mass is 10.2. The zero-order valence-corrected chi connectivity index (χ0v) is 13.4. The summed E-state index contributed by atoms with van der Waals surface area (Å²) in [5.74, 6) is -0.233. The first kappa shape index (κ1) is 15.1. The summed E-state index contributed by atoms with van der Waals surface area (Å²) in [6.45, 7) is 2.05. The van der Waals surface area contributed by atoms with Gasteiger partial charge in [-0.05, 0) is 42.8 Å². The van der Waals surface area contributed by atoms with Crippen molar-refractivity contribution >= 4 is 23.4 Å². The van der Waals surface area contributed by atoms with Crippen LogP contribution in [0.1, 0.15) is 17.7 Å². The molecule has 0 unspecified atom stereocenters. The van der Waals surface area contributed by atoms with Crippen LogP contribution < -0.4 is 0 Å². The highest BCUT2D eigenvalue weighted by atomic mass is 35.5. The van der Waals surface area contributed by atoms with Crippen LogP contribution in [0.4, 0.5) is 4.39 Å². The van der Waals surface area contributed by atoms with E-state index in [-0.39, 0.29) is 11.1 Å². The Bertz CT molecular complexity index is 773. The van der Waals surface area contributed by atoms with Crippen LogP contribution in [0.2, 0.25) is 5.02 Å².